The highest BCUT2D eigenvalue weighted by Gasteiger charge is 1.97. The van der Waals surface area contributed by atoms with E-state index in [-0.39, 0.29) is 17.6 Å². The van der Waals surface area contributed by atoms with Crippen molar-refractivity contribution in [2.45, 2.75) is 12.8 Å². The second kappa shape index (κ2) is 5.98. The monoisotopic (exact) mass is 205 g/mol. The average molecular weight is 206 g/mol. The summed E-state index contributed by atoms with van der Waals surface area (Å²) < 4.78 is 0. The first kappa shape index (κ1) is 11.4. The van der Waals surface area contributed by atoms with E-state index in [1.165, 1.54) is 0 Å². The van der Waals surface area contributed by atoms with E-state index < -0.39 is 0 Å². The standard InChI is InChI=1S/C8H8ClNO.ClH/c9-8(11)5-4-7-3-1-2-6-10-7;/h1-3,6H,4-5H2;1H. The predicted octanol–water partition coefficient (Wildman–Crippen LogP) is 2.20. The molecule has 0 saturated heterocycles. The second-order valence-corrected chi connectivity index (χ2v) is 2.60. The lowest BCUT2D eigenvalue weighted by atomic mass is 10.2. The van der Waals surface area contributed by atoms with Crippen LogP contribution in [0.5, 0.6) is 0 Å². The number of carbonyl (C=O) groups excluding carboxylic acids is 1. The summed E-state index contributed by atoms with van der Waals surface area (Å²) in [7, 11) is 0. The second-order valence-electron chi connectivity index (χ2n) is 2.18. The number of rotatable bonds is 3. The summed E-state index contributed by atoms with van der Waals surface area (Å²) in [6, 6.07) is 5.60. The van der Waals surface area contributed by atoms with Crippen molar-refractivity contribution in [3.05, 3.63) is 30.1 Å². The normalized spacial score (nSPS) is 8.75. The van der Waals surface area contributed by atoms with Crippen LogP contribution in [-0.4, -0.2) is 10.2 Å². The van der Waals surface area contributed by atoms with Gasteiger partial charge in [0, 0.05) is 18.3 Å². The van der Waals surface area contributed by atoms with Crippen molar-refractivity contribution < 1.29 is 4.79 Å². The van der Waals surface area contributed by atoms with Gasteiger partial charge in [0.1, 0.15) is 0 Å². The van der Waals surface area contributed by atoms with Crippen LogP contribution >= 0.6 is 24.0 Å². The molecule has 0 aliphatic carbocycles. The lowest BCUT2D eigenvalue weighted by molar-refractivity contribution is -0.111. The molecule has 66 valence electrons. The van der Waals surface area contributed by atoms with Gasteiger partial charge in [0.2, 0.25) is 5.24 Å². The first-order valence-electron chi connectivity index (χ1n) is 3.37. The number of hydrogen-bond acceptors (Lipinski definition) is 2. The third kappa shape index (κ3) is 4.31. The molecule has 0 unspecified atom stereocenters. The quantitative estimate of drug-likeness (QED) is 0.709. The molecule has 4 heteroatoms. The van der Waals surface area contributed by atoms with E-state index in [4.69, 9.17) is 11.6 Å². The lowest BCUT2D eigenvalue weighted by Crippen LogP contribution is -1.93. The fraction of sp³-hybridized carbons (Fsp3) is 0.250. The van der Waals surface area contributed by atoms with Crippen LogP contribution in [0, 0.1) is 0 Å². The molecule has 0 radical (unpaired) electrons. The Kier molecular flexibility index (Phi) is 5.68. The van der Waals surface area contributed by atoms with E-state index >= 15 is 0 Å². The third-order valence-electron chi connectivity index (χ3n) is 1.30. The zero-order valence-electron chi connectivity index (χ0n) is 6.37. The van der Waals surface area contributed by atoms with Gasteiger partial charge >= 0.3 is 0 Å². The van der Waals surface area contributed by atoms with Gasteiger partial charge in [-0.05, 0) is 30.2 Å². The maximum atomic E-state index is 10.4. The number of halogens is 2. The van der Waals surface area contributed by atoms with E-state index in [2.05, 4.69) is 4.98 Å². The van der Waals surface area contributed by atoms with Gasteiger partial charge in [-0.15, -0.1) is 12.4 Å². The van der Waals surface area contributed by atoms with Crippen LogP contribution in [0.4, 0.5) is 0 Å². The number of carbonyl (C=O) groups is 1. The summed E-state index contributed by atoms with van der Waals surface area (Å²) in [4.78, 5) is 14.4. The highest BCUT2D eigenvalue weighted by molar-refractivity contribution is 6.63. The Morgan fingerprint density at radius 3 is 2.75 bits per heavy atom. The van der Waals surface area contributed by atoms with Crippen molar-refractivity contribution in [2.24, 2.45) is 0 Å². The number of aryl methyl sites for hydroxylation is 1. The average Bonchev–Trinajstić information content (AvgIpc) is 2.03. The topological polar surface area (TPSA) is 30.0 Å². The number of pyridine rings is 1. The van der Waals surface area contributed by atoms with Gasteiger partial charge in [-0.3, -0.25) is 9.78 Å². The number of nitrogens with zero attached hydrogens (tertiary/aromatic N) is 1. The van der Waals surface area contributed by atoms with Crippen LogP contribution in [0.25, 0.3) is 0 Å². The summed E-state index contributed by atoms with van der Waals surface area (Å²) in [6.45, 7) is 0. The van der Waals surface area contributed by atoms with Gasteiger partial charge in [0.05, 0.1) is 0 Å². The smallest absolute Gasteiger partial charge is 0.222 e. The molecule has 0 aliphatic rings. The summed E-state index contributed by atoms with van der Waals surface area (Å²) >= 11 is 5.16. The molecule has 1 rings (SSSR count). The minimum absolute atomic E-state index is 0. The largest absolute Gasteiger partial charge is 0.281 e. The molecular formula is C8H9Cl2NO. The first-order valence-corrected chi connectivity index (χ1v) is 3.75. The predicted molar refractivity (Wildman–Crippen MR) is 50.7 cm³/mol. The fourth-order valence-corrected chi connectivity index (χ4v) is 0.867. The molecule has 0 fully saturated rings. The lowest BCUT2D eigenvalue weighted by Gasteiger charge is -1.94. The molecule has 0 aliphatic heterocycles. The maximum absolute atomic E-state index is 10.4. The van der Waals surface area contributed by atoms with Crippen molar-refractivity contribution in [1.82, 2.24) is 4.98 Å². The Morgan fingerprint density at radius 1 is 1.50 bits per heavy atom. The maximum Gasteiger partial charge on any atom is 0.222 e. The SMILES string of the molecule is Cl.O=C(Cl)CCc1ccccn1. The van der Waals surface area contributed by atoms with Crippen molar-refractivity contribution >= 4 is 29.3 Å². The molecule has 1 heterocycles. The van der Waals surface area contributed by atoms with E-state index in [0.717, 1.165) is 5.69 Å². The Hall–Kier alpha value is -0.600. The van der Waals surface area contributed by atoms with Gasteiger partial charge in [0.25, 0.3) is 0 Å². The van der Waals surface area contributed by atoms with Crippen molar-refractivity contribution in [2.75, 3.05) is 0 Å². The molecular weight excluding hydrogens is 197 g/mol. The molecule has 0 spiro atoms. The number of aromatic nitrogens is 1. The molecule has 1 aromatic rings. The van der Waals surface area contributed by atoms with E-state index in [0.29, 0.717) is 12.8 Å². The molecule has 0 aromatic carbocycles. The van der Waals surface area contributed by atoms with Crippen LogP contribution in [0.3, 0.4) is 0 Å². The molecule has 0 atom stereocenters. The highest BCUT2D eigenvalue weighted by atomic mass is 35.5. The Labute approximate surface area is 82.4 Å². The molecule has 12 heavy (non-hydrogen) atoms. The van der Waals surface area contributed by atoms with E-state index in [9.17, 15) is 4.79 Å². The minimum Gasteiger partial charge on any atom is -0.281 e. The Morgan fingerprint density at radius 2 is 2.25 bits per heavy atom. The molecule has 2 nitrogen and oxygen atoms in total. The highest BCUT2D eigenvalue weighted by Crippen LogP contribution is 1.99. The molecule has 0 amide bonds. The fourth-order valence-electron chi connectivity index (χ4n) is 0.772. The van der Waals surface area contributed by atoms with E-state index in [1.54, 1.807) is 6.20 Å². The minimum atomic E-state index is -0.310. The van der Waals surface area contributed by atoms with Crippen LogP contribution in [0.2, 0.25) is 0 Å². The molecule has 0 N–H and O–H groups in total. The van der Waals surface area contributed by atoms with Crippen LogP contribution in [-0.2, 0) is 11.2 Å². The molecule has 0 bridgehead atoms. The Bertz CT molecular complexity index is 238. The third-order valence-corrected chi connectivity index (χ3v) is 1.49. The zero-order chi connectivity index (χ0) is 8.10. The number of hydrogen-bond donors (Lipinski definition) is 0. The van der Waals surface area contributed by atoms with Gasteiger partial charge in [-0.1, -0.05) is 6.07 Å². The van der Waals surface area contributed by atoms with Gasteiger partial charge in [0.15, 0.2) is 0 Å². The summed E-state index contributed by atoms with van der Waals surface area (Å²) in [5, 5.41) is -0.310. The van der Waals surface area contributed by atoms with Crippen molar-refractivity contribution in [3.8, 4) is 0 Å². The van der Waals surface area contributed by atoms with Gasteiger partial charge in [-0.25, -0.2) is 0 Å². The molecule has 0 saturated carbocycles. The molecule has 1 aromatic heterocycles. The van der Waals surface area contributed by atoms with Crippen molar-refractivity contribution in [1.29, 1.82) is 0 Å². The van der Waals surface area contributed by atoms with Crippen LogP contribution in [0.1, 0.15) is 12.1 Å². The van der Waals surface area contributed by atoms with Gasteiger partial charge < -0.3 is 0 Å². The Balaban J connectivity index is 0.00000121. The van der Waals surface area contributed by atoms with Crippen molar-refractivity contribution in [3.63, 3.8) is 0 Å². The summed E-state index contributed by atoms with van der Waals surface area (Å²) in [6.07, 6.45) is 2.69. The first-order chi connectivity index (χ1) is 5.29. The van der Waals surface area contributed by atoms with Crippen LogP contribution in [0.15, 0.2) is 24.4 Å². The zero-order valence-corrected chi connectivity index (χ0v) is 7.94. The summed E-state index contributed by atoms with van der Waals surface area (Å²) in [5.74, 6) is 0. The van der Waals surface area contributed by atoms with Gasteiger partial charge in [-0.2, -0.15) is 0 Å². The summed E-state index contributed by atoms with van der Waals surface area (Å²) in [5.41, 5.74) is 0.904. The van der Waals surface area contributed by atoms with E-state index in [1.807, 2.05) is 18.2 Å². The van der Waals surface area contributed by atoms with Crippen LogP contribution < -0.4 is 0 Å².